The number of hydrogen-bond acceptors (Lipinski definition) is 3. The molecule has 1 aliphatic rings. The van der Waals surface area contributed by atoms with Gasteiger partial charge in [-0.05, 0) is 25.3 Å². The number of nitrogens with two attached hydrogens (primary N) is 2. The molecule has 1 rings (SSSR count). The molecule has 13 heavy (non-hydrogen) atoms. The van der Waals surface area contributed by atoms with E-state index in [-0.39, 0.29) is 5.84 Å². The molecule has 2 atom stereocenters. The highest BCUT2D eigenvalue weighted by atomic mass is 16.5. The summed E-state index contributed by atoms with van der Waals surface area (Å²) in [5.41, 5.74) is 11.7. The molecule has 0 aromatic rings. The Morgan fingerprint density at radius 1 is 1.46 bits per heavy atom. The summed E-state index contributed by atoms with van der Waals surface area (Å²) in [4.78, 5) is 0. The summed E-state index contributed by atoms with van der Waals surface area (Å²) in [5, 5.41) is 7.07. The Labute approximate surface area is 78.4 Å². The zero-order valence-corrected chi connectivity index (χ0v) is 7.92. The van der Waals surface area contributed by atoms with E-state index in [0.717, 1.165) is 19.3 Å². The maximum Gasteiger partial charge on any atom is 0.117 e. The smallest absolute Gasteiger partial charge is 0.117 e. The molecule has 0 radical (unpaired) electrons. The normalized spacial score (nSPS) is 29.2. The Kier molecular flexibility index (Phi) is 3.31. The Hall–Kier alpha value is -1.03. The summed E-state index contributed by atoms with van der Waals surface area (Å²) >= 11 is 0. The first-order valence-electron chi connectivity index (χ1n) is 4.47. The van der Waals surface area contributed by atoms with Gasteiger partial charge in [0.1, 0.15) is 5.84 Å². The predicted octanol–water partition coefficient (Wildman–Crippen LogP) is 0.580. The largest absolute Gasteiger partial charge is 0.402 e. The van der Waals surface area contributed by atoms with E-state index in [2.05, 4.69) is 0 Å². The number of ether oxygens (including phenoxy) is 1. The number of nitrogens with one attached hydrogen (secondary N) is 1. The Morgan fingerprint density at radius 3 is 2.62 bits per heavy atom. The summed E-state index contributed by atoms with van der Waals surface area (Å²) in [6, 6.07) is 0. The molecule has 0 aromatic carbocycles. The number of allylic oxidation sites excluding steroid dienone is 1. The van der Waals surface area contributed by atoms with Gasteiger partial charge < -0.3 is 16.2 Å². The maximum absolute atomic E-state index is 7.07. The molecule has 0 spiro atoms. The summed E-state index contributed by atoms with van der Waals surface area (Å²) < 4.78 is 5.23. The third kappa shape index (κ3) is 2.73. The first-order valence-corrected chi connectivity index (χ1v) is 4.47. The molecule has 1 saturated carbocycles. The second-order valence-corrected chi connectivity index (χ2v) is 3.47. The van der Waals surface area contributed by atoms with Crippen molar-refractivity contribution in [2.75, 3.05) is 7.11 Å². The van der Waals surface area contributed by atoms with Crippen LogP contribution in [0.5, 0.6) is 0 Å². The topological polar surface area (TPSA) is 85.1 Å². The molecule has 0 amide bonds. The lowest BCUT2D eigenvalue weighted by atomic mass is 10.0. The summed E-state index contributed by atoms with van der Waals surface area (Å²) in [5.74, 6) is 0.368. The highest BCUT2D eigenvalue weighted by molar-refractivity contribution is 5.89. The van der Waals surface area contributed by atoms with Gasteiger partial charge in [0.25, 0.3) is 0 Å². The van der Waals surface area contributed by atoms with Crippen LogP contribution in [0.2, 0.25) is 0 Å². The lowest BCUT2D eigenvalue weighted by Crippen LogP contribution is -2.15. The van der Waals surface area contributed by atoms with Gasteiger partial charge in [-0.25, -0.2) is 0 Å². The van der Waals surface area contributed by atoms with Crippen molar-refractivity contribution in [3.63, 3.8) is 0 Å². The van der Waals surface area contributed by atoms with Gasteiger partial charge in [-0.3, -0.25) is 5.41 Å². The van der Waals surface area contributed by atoms with E-state index >= 15 is 0 Å². The average molecular weight is 183 g/mol. The van der Waals surface area contributed by atoms with Crippen LogP contribution in [0.1, 0.15) is 19.3 Å². The maximum atomic E-state index is 7.07. The lowest BCUT2D eigenvalue weighted by molar-refractivity contribution is 0.106. The third-order valence-corrected chi connectivity index (χ3v) is 2.51. The van der Waals surface area contributed by atoms with Crippen LogP contribution in [0.4, 0.5) is 0 Å². The second kappa shape index (κ2) is 4.28. The molecule has 5 N–H and O–H groups in total. The minimum atomic E-state index is 0.0263. The van der Waals surface area contributed by atoms with Crippen LogP contribution in [0.25, 0.3) is 0 Å². The van der Waals surface area contributed by atoms with Crippen molar-refractivity contribution in [1.29, 1.82) is 5.41 Å². The average Bonchev–Trinajstić information content (AvgIpc) is 2.50. The minimum Gasteiger partial charge on any atom is -0.402 e. The first-order chi connectivity index (χ1) is 6.13. The van der Waals surface area contributed by atoms with E-state index in [1.165, 1.54) is 6.08 Å². The van der Waals surface area contributed by atoms with Crippen LogP contribution >= 0.6 is 0 Å². The van der Waals surface area contributed by atoms with E-state index in [4.69, 9.17) is 21.6 Å². The molecule has 4 nitrogen and oxygen atoms in total. The van der Waals surface area contributed by atoms with Gasteiger partial charge in [-0.2, -0.15) is 0 Å². The van der Waals surface area contributed by atoms with Crippen molar-refractivity contribution in [1.82, 2.24) is 0 Å². The molecular formula is C9H17N3O. The van der Waals surface area contributed by atoms with E-state index in [0.29, 0.717) is 17.7 Å². The van der Waals surface area contributed by atoms with Crippen LogP contribution in [-0.4, -0.2) is 19.0 Å². The van der Waals surface area contributed by atoms with Crippen LogP contribution in [-0.2, 0) is 4.74 Å². The molecule has 1 aliphatic carbocycles. The van der Waals surface area contributed by atoms with Gasteiger partial charge in [0.05, 0.1) is 6.10 Å². The quantitative estimate of drug-likeness (QED) is 0.442. The van der Waals surface area contributed by atoms with E-state index in [1.807, 2.05) is 0 Å². The molecule has 74 valence electrons. The molecule has 0 aliphatic heterocycles. The van der Waals surface area contributed by atoms with Crippen molar-refractivity contribution in [2.24, 2.45) is 17.4 Å². The minimum absolute atomic E-state index is 0.0263. The molecule has 4 heteroatoms. The van der Waals surface area contributed by atoms with E-state index in [9.17, 15) is 0 Å². The van der Waals surface area contributed by atoms with Gasteiger partial charge in [0.2, 0.25) is 0 Å². The molecule has 0 bridgehead atoms. The monoisotopic (exact) mass is 183 g/mol. The molecule has 1 fully saturated rings. The van der Waals surface area contributed by atoms with E-state index < -0.39 is 0 Å². The van der Waals surface area contributed by atoms with Crippen molar-refractivity contribution < 1.29 is 4.74 Å². The van der Waals surface area contributed by atoms with Crippen LogP contribution in [0.3, 0.4) is 0 Å². The fraction of sp³-hybridized carbons (Fsp3) is 0.667. The van der Waals surface area contributed by atoms with Gasteiger partial charge in [0.15, 0.2) is 0 Å². The van der Waals surface area contributed by atoms with Gasteiger partial charge in [-0.15, -0.1) is 0 Å². The number of methoxy groups -OCH3 is 1. The number of hydrogen-bond donors (Lipinski definition) is 3. The highest BCUT2D eigenvalue weighted by Crippen LogP contribution is 2.30. The molecular weight excluding hydrogens is 166 g/mol. The molecule has 0 heterocycles. The first kappa shape index (κ1) is 10.1. The van der Waals surface area contributed by atoms with Gasteiger partial charge in [-0.1, -0.05) is 0 Å². The predicted molar refractivity (Wildman–Crippen MR) is 52.3 cm³/mol. The van der Waals surface area contributed by atoms with Gasteiger partial charge >= 0.3 is 0 Å². The summed E-state index contributed by atoms with van der Waals surface area (Å²) in [7, 11) is 1.72. The molecule has 2 unspecified atom stereocenters. The number of amidine groups is 1. The SMILES string of the molecule is COC1CCC(/C(N)=C/C(=N)N)C1. The van der Waals surface area contributed by atoms with Crippen molar-refractivity contribution in [3.8, 4) is 0 Å². The standard InChI is InChI=1S/C9H17N3O/c1-13-7-3-2-6(4-7)8(10)5-9(11)12/h5-7H,2-4,10H2,1H3,(H3,11,12)/b8-5-. The zero-order valence-electron chi connectivity index (χ0n) is 7.92. The van der Waals surface area contributed by atoms with Crippen LogP contribution in [0.15, 0.2) is 11.8 Å². The number of rotatable bonds is 3. The highest BCUT2D eigenvalue weighted by Gasteiger charge is 2.25. The fourth-order valence-corrected chi connectivity index (χ4v) is 1.75. The van der Waals surface area contributed by atoms with Gasteiger partial charge in [0, 0.05) is 18.7 Å². The summed E-state index contributed by atoms with van der Waals surface area (Å²) in [6.07, 6.45) is 4.89. The fourth-order valence-electron chi connectivity index (χ4n) is 1.75. The van der Waals surface area contributed by atoms with Crippen LogP contribution < -0.4 is 11.5 Å². The Morgan fingerprint density at radius 2 is 2.15 bits per heavy atom. The second-order valence-electron chi connectivity index (χ2n) is 3.47. The van der Waals surface area contributed by atoms with Crippen LogP contribution in [0, 0.1) is 11.3 Å². The van der Waals surface area contributed by atoms with Crippen molar-refractivity contribution in [2.45, 2.75) is 25.4 Å². The van der Waals surface area contributed by atoms with E-state index in [1.54, 1.807) is 7.11 Å². The molecule has 0 saturated heterocycles. The van der Waals surface area contributed by atoms with Crippen molar-refractivity contribution in [3.05, 3.63) is 11.8 Å². The lowest BCUT2D eigenvalue weighted by Gasteiger charge is -2.10. The van der Waals surface area contributed by atoms with Crippen molar-refractivity contribution >= 4 is 5.84 Å². The Balaban J connectivity index is 2.50. The third-order valence-electron chi connectivity index (χ3n) is 2.51. The molecule has 0 aromatic heterocycles. The Bertz CT molecular complexity index is 225. The zero-order chi connectivity index (χ0) is 9.84. The summed E-state index contributed by atoms with van der Waals surface area (Å²) in [6.45, 7) is 0.